The molecule has 0 saturated heterocycles. The lowest BCUT2D eigenvalue weighted by Crippen LogP contribution is -2.02. The average molecular weight is 582 g/mol. The Kier molecular flexibility index (Phi) is 15.9. The molecule has 1 aromatic carbocycles. The molecule has 0 aliphatic heterocycles. The number of ether oxygens (including phenoxy) is 2. The van der Waals surface area contributed by atoms with Crippen LogP contribution in [0.5, 0.6) is 11.6 Å². The standard InChI is InChI=1S/C35H49F2N3O2/c1-3-5-7-9-11-12-13-14-16-18-24-42-32-22-19-28(25-38-32)35-39-26-29(27-40-35)30-20-21-31(34(37)33(30)36)41-23-17-15-10-8-6-4-2/h19-22,25-27H,3-18,23-24H2,1-2H3. The first-order chi connectivity index (χ1) is 20.6. The summed E-state index contributed by atoms with van der Waals surface area (Å²) in [5.74, 6) is -0.990. The second kappa shape index (κ2) is 19.9. The molecule has 3 rings (SSSR count). The molecule has 0 saturated carbocycles. The second-order valence-corrected chi connectivity index (χ2v) is 11.1. The molecular formula is C35H49F2N3O2. The number of rotatable bonds is 22. The van der Waals surface area contributed by atoms with Gasteiger partial charge in [0.15, 0.2) is 17.4 Å². The SMILES string of the molecule is CCCCCCCCCCCCOc1ccc(-c2ncc(-c3ccc(OCCCCCCCC)c(F)c3F)cn2)cn1. The van der Waals surface area contributed by atoms with Gasteiger partial charge in [-0.1, -0.05) is 104 Å². The smallest absolute Gasteiger partial charge is 0.213 e. The predicted molar refractivity (Wildman–Crippen MR) is 167 cm³/mol. The molecule has 42 heavy (non-hydrogen) atoms. The maximum absolute atomic E-state index is 14.9. The van der Waals surface area contributed by atoms with Crippen molar-refractivity contribution in [2.75, 3.05) is 13.2 Å². The highest BCUT2D eigenvalue weighted by atomic mass is 19.2. The first-order valence-electron chi connectivity index (χ1n) is 16.2. The fourth-order valence-electron chi connectivity index (χ4n) is 4.91. The van der Waals surface area contributed by atoms with Crippen LogP contribution in [0, 0.1) is 11.6 Å². The molecule has 5 nitrogen and oxygen atoms in total. The Morgan fingerprint density at radius 3 is 1.60 bits per heavy atom. The molecule has 0 aliphatic carbocycles. The first-order valence-corrected chi connectivity index (χ1v) is 16.2. The highest BCUT2D eigenvalue weighted by molar-refractivity contribution is 5.65. The summed E-state index contributed by atoms with van der Waals surface area (Å²) in [5, 5.41) is 0. The minimum absolute atomic E-state index is 0.0658. The van der Waals surface area contributed by atoms with Crippen LogP contribution in [0.2, 0.25) is 0 Å². The molecule has 0 unspecified atom stereocenters. The fraction of sp³-hybridized carbons (Fsp3) is 0.571. The zero-order valence-electron chi connectivity index (χ0n) is 25.7. The van der Waals surface area contributed by atoms with Crippen molar-refractivity contribution in [3.8, 4) is 34.1 Å². The van der Waals surface area contributed by atoms with E-state index in [0.29, 0.717) is 30.5 Å². The van der Waals surface area contributed by atoms with Crippen molar-refractivity contribution in [2.45, 2.75) is 117 Å². The van der Waals surface area contributed by atoms with Crippen molar-refractivity contribution in [1.29, 1.82) is 0 Å². The zero-order valence-corrected chi connectivity index (χ0v) is 25.7. The van der Waals surface area contributed by atoms with Gasteiger partial charge in [-0.15, -0.1) is 0 Å². The van der Waals surface area contributed by atoms with Gasteiger partial charge in [-0.25, -0.2) is 19.3 Å². The molecule has 2 heterocycles. The van der Waals surface area contributed by atoms with Crippen LogP contribution >= 0.6 is 0 Å². The first kappa shape index (κ1) is 33.4. The van der Waals surface area contributed by atoms with Crippen LogP contribution in [0.1, 0.15) is 117 Å². The number of hydrogen-bond donors (Lipinski definition) is 0. The third-order valence-corrected chi connectivity index (χ3v) is 7.51. The highest BCUT2D eigenvalue weighted by Gasteiger charge is 2.17. The monoisotopic (exact) mass is 581 g/mol. The van der Waals surface area contributed by atoms with Crippen LogP contribution in [0.25, 0.3) is 22.5 Å². The van der Waals surface area contributed by atoms with Crippen LogP contribution in [0.15, 0.2) is 42.9 Å². The van der Waals surface area contributed by atoms with Crippen molar-refractivity contribution < 1.29 is 18.3 Å². The number of hydrogen-bond acceptors (Lipinski definition) is 5. The van der Waals surface area contributed by atoms with Crippen molar-refractivity contribution in [3.63, 3.8) is 0 Å². The van der Waals surface area contributed by atoms with Gasteiger partial charge in [-0.05, 0) is 31.0 Å². The number of pyridine rings is 1. The van der Waals surface area contributed by atoms with E-state index in [0.717, 1.165) is 31.2 Å². The second-order valence-electron chi connectivity index (χ2n) is 11.1. The van der Waals surface area contributed by atoms with E-state index in [2.05, 4.69) is 28.8 Å². The molecule has 3 aromatic rings. The van der Waals surface area contributed by atoms with Crippen LogP contribution in [-0.2, 0) is 0 Å². The molecule has 0 amide bonds. The third kappa shape index (κ3) is 11.7. The summed E-state index contributed by atoms with van der Waals surface area (Å²) in [6.07, 6.45) is 24.1. The summed E-state index contributed by atoms with van der Waals surface area (Å²) in [5.41, 5.74) is 1.21. The summed E-state index contributed by atoms with van der Waals surface area (Å²) >= 11 is 0. The molecule has 0 bridgehead atoms. The van der Waals surface area contributed by atoms with Crippen molar-refractivity contribution in [3.05, 3.63) is 54.5 Å². The van der Waals surface area contributed by atoms with E-state index in [-0.39, 0.29) is 11.3 Å². The molecule has 0 N–H and O–H groups in total. The van der Waals surface area contributed by atoms with Crippen molar-refractivity contribution in [2.24, 2.45) is 0 Å². The van der Waals surface area contributed by atoms with Crippen LogP contribution < -0.4 is 9.47 Å². The van der Waals surface area contributed by atoms with E-state index in [9.17, 15) is 8.78 Å². The highest BCUT2D eigenvalue weighted by Crippen LogP contribution is 2.30. The van der Waals surface area contributed by atoms with Crippen LogP contribution in [0.4, 0.5) is 8.78 Å². The normalized spacial score (nSPS) is 11.1. The molecule has 0 fully saturated rings. The summed E-state index contributed by atoms with van der Waals surface area (Å²) in [7, 11) is 0. The zero-order chi connectivity index (χ0) is 29.8. The van der Waals surface area contributed by atoms with E-state index >= 15 is 0 Å². The molecular weight excluding hydrogens is 532 g/mol. The van der Waals surface area contributed by atoms with Gasteiger partial charge in [0.2, 0.25) is 11.7 Å². The largest absolute Gasteiger partial charge is 0.490 e. The summed E-state index contributed by atoms with van der Waals surface area (Å²) in [6.45, 7) is 5.45. The minimum atomic E-state index is -0.986. The lowest BCUT2D eigenvalue weighted by atomic mass is 10.1. The van der Waals surface area contributed by atoms with E-state index in [1.165, 1.54) is 102 Å². The number of halogens is 2. The van der Waals surface area contributed by atoms with Gasteiger partial charge in [0.25, 0.3) is 0 Å². The Morgan fingerprint density at radius 2 is 1.05 bits per heavy atom. The predicted octanol–water partition coefficient (Wildman–Crippen LogP) is 10.5. The van der Waals surface area contributed by atoms with Gasteiger partial charge in [-0.3, -0.25) is 0 Å². The van der Waals surface area contributed by atoms with E-state index in [1.54, 1.807) is 6.20 Å². The van der Waals surface area contributed by atoms with Crippen LogP contribution in [0.3, 0.4) is 0 Å². The lowest BCUT2D eigenvalue weighted by Gasteiger charge is -2.11. The summed E-state index contributed by atoms with van der Waals surface area (Å²) in [4.78, 5) is 13.1. The van der Waals surface area contributed by atoms with Crippen molar-refractivity contribution >= 4 is 0 Å². The minimum Gasteiger partial charge on any atom is -0.490 e. The lowest BCUT2D eigenvalue weighted by molar-refractivity contribution is 0.285. The molecule has 2 aromatic heterocycles. The number of unbranched alkanes of at least 4 members (excludes halogenated alkanes) is 14. The quantitative estimate of drug-likeness (QED) is 0.110. The third-order valence-electron chi connectivity index (χ3n) is 7.51. The van der Waals surface area contributed by atoms with Gasteiger partial charge in [0, 0.05) is 41.3 Å². The molecule has 0 aliphatic rings. The van der Waals surface area contributed by atoms with Crippen molar-refractivity contribution in [1.82, 2.24) is 15.0 Å². The Hall–Kier alpha value is -3.09. The van der Waals surface area contributed by atoms with Gasteiger partial charge in [-0.2, -0.15) is 4.39 Å². The number of benzene rings is 1. The van der Waals surface area contributed by atoms with E-state index in [4.69, 9.17) is 9.47 Å². The van der Waals surface area contributed by atoms with Gasteiger partial charge >= 0.3 is 0 Å². The Bertz CT molecular complexity index is 1140. The topological polar surface area (TPSA) is 57.1 Å². The average Bonchev–Trinajstić information content (AvgIpc) is 3.02. The number of nitrogens with zero attached hydrogens (tertiary/aromatic N) is 3. The van der Waals surface area contributed by atoms with Gasteiger partial charge < -0.3 is 9.47 Å². The van der Waals surface area contributed by atoms with Crippen LogP contribution in [-0.4, -0.2) is 28.2 Å². The number of aromatic nitrogens is 3. The van der Waals surface area contributed by atoms with E-state index < -0.39 is 11.6 Å². The van der Waals surface area contributed by atoms with Gasteiger partial charge in [0.1, 0.15) is 0 Å². The van der Waals surface area contributed by atoms with E-state index in [1.807, 2.05) is 12.1 Å². The fourth-order valence-corrected chi connectivity index (χ4v) is 4.91. The molecule has 0 spiro atoms. The molecule has 7 heteroatoms. The molecule has 0 radical (unpaired) electrons. The maximum atomic E-state index is 14.9. The summed E-state index contributed by atoms with van der Waals surface area (Å²) < 4.78 is 40.8. The molecule has 0 atom stereocenters. The van der Waals surface area contributed by atoms with Gasteiger partial charge in [0.05, 0.1) is 13.2 Å². The summed E-state index contributed by atoms with van der Waals surface area (Å²) in [6, 6.07) is 6.64. The Morgan fingerprint density at radius 1 is 0.524 bits per heavy atom. The Balaban J connectivity index is 1.41. The molecule has 230 valence electrons. The Labute approximate surface area is 251 Å². The maximum Gasteiger partial charge on any atom is 0.213 e.